The number of phenolic OH excluding ortho intramolecular Hbond substituents is 1. The molecule has 0 fully saturated rings. The number of phenols is 1. The fourth-order valence-electron chi connectivity index (χ4n) is 2.76. The van der Waals surface area contributed by atoms with E-state index in [9.17, 15) is 5.11 Å². The van der Waals surface area contributed by atoms with Gasteiger partial charge in [0.15, 0.2) is 0 Å². The van der Waals surface area contributed by atoms with Crippen molar-refractivity contribution in [2.45, 2.75) is 19.3 Å². The molecular weight excluding hydrogens is 296 g/mol. The van der Waals surface area contributed by atoms with Crippen LogP contribution in [0, 0.1) is 0 Å². The maximum atomic E-state index is 10.00. The van der Waals surface area contributed by atoms with Gasteiger partial charge in [-0.3, -0.25) is 0 Å². The van der Waals surface area contributed by atoms with Crippen molar-refractivity contribution >= 4 is 0 Å². The zero-order valence-electron chi connectivity index (χ0n) is 13.7. The van der Waals surface area contributed by atoms with Crippen LogP contribution in [0.5, 0.6) is 11.5 Å². The van der Waals surface area contributed by atoms with Crippen LogP contribution in [0.15, 0.2) is 78.9 Å². The highest BCUT2D eigenvalue weighted by Gasteiger charge is 2.15. The Morgan fingerprint density at radius 2 is 1.42 bits per heavy atom. The maximum absolute atomic E-state index is 10.00. The van der Waals surface area contributed by atoms with Crippen LogP contribution in [0.3, 0.4) is 0 Å². The highest BCUT2D eigenvalue weighted by Crippen LogP contribution is 2.32. The second-order valence-corrected chi connectivity index (χ2v) is 5.83. The van der Waals surface area contributed by atoms with Crippen LogP contribution in [0.4, 0.5) is 0 Å². The predicted octanol–water partition coefficient (Wildman–Crippen LogP) is 4.80. The van der Waals surface area contributed by atoms with Gasteiger partial charge in [0.05, 0.1) is 6.61 Å². The minimum Gasteiger partial charge on any atom is -0.508 e. The zero-order chi connectivity index (χ0) is 16.6. The van der Waals surface area contributed by atoms with Crippen molar-refractivity contribution in [3.8, 4) is 11.5 Å². The van der Waals surface area contributed by atoms with Gasteiger partial charge in [-0.15, -0.1) is 0 Å². The highest BCUT2D eigenvalue weighted by molar-refractivity contribution is 5.47. The van der Waals surface area contributed by atoms with Crippen molar-refractivity contribution < 1.29 is 9.84 Å². The molecule has 0 aromatic heterocycles. The third kappa shape index (κ3) is 4.39. The lowest BCUT2D eigenvalue weighted by atomic mass is 10.0. The molecule has 4 rings (SSSR count). The normalized spacial score (nSPS) is 11.8. The number of aromatic hydroxyl groups is 1. The molecule has 0 aliphatic carbocycles. The number of hydrogen-bond acceptors (Lipinski definition) is 2. The van der Waals surface area contributed by atoms with Gasteiger partial charge < -0.3 is 9.84 Å². The second-order valence-electron chi connectivity index (χ2n) is 5.83. The molecule has 24 heavy (non-hydrogen) atoms. The first-order valence-electron chi connectivity index (χ1n) is 8.34. The zero-order valence-corrected chi connectivity index (χ0v) is 13.7. The van der Waals surface area contributed by atoms with Gasteiger partial charge in [-0.05, 0) is 36.1 Å². The van der Waals surface area contributed by atoms with E-state index in [1.54, 1.807) is 0 Å². The smallest absolute Gasteiger partial charge is 0.123 e. The number of rotatable bonds is 3. The molecule has 2 heteroatoms. The molecule has 0 saturated carbocycles. The van der Waals surface area contributed by atoms with Gasteiger partial charge in [-0.2, -0.15) is 0 Å². The van der Waals surface area contributed by atoms with Crippen LogP contribution in [0.2, 0.25) is 0 Å². The highest BCUT2D eigenvalue weighted by atomic mass is 16.5. The molecule has 122 valence electrons. The lowest BCUT2D eigenvalue weighted by Crippen LogP contribution is -1.93. The summed E-state index contributed by atoms with van der Waals surface area (Å²) in [5, 5.41) is 10.00. The Kier molecular flexibility index (Phi) is 5.52. The molecule has 2 nitrogen and oxygen atoms in total. The van der Waals surface area contributed by atoms with Crippen molar-refractivity contribution in [1.29, 1.82) is 0 Å². The molecule has 3 aromatic rings. The van der Waals surface area contributed by atoms with E-state index < -0.39 is 0 Å². The van der Waals surface area contributed by atoms with Crippen molar-refractivity contribution in [3.05, 3.63) is 95.6 Å². The SMILES string of the molecule is Oc1cc2c(cc1CCc1ccccc1)OCC2.c1ccccc1. The van der Waals surface area contributed by atoms with E-state index in [0.29, 0.717) is 5.75 Å². The minimum atomic E-state index is 0.398. The summed E-state index contributed by atoms with van der Waals surface area (Å²) in [5.41, 5.74) is 3.38. The Bertz CT molecular complexity index is 725. The number of aryl methyl sites for hydroxylation is 2. The minimum absolute atomic E-state index is 0.398. The summed E-state index contributed by atoms with van der Waals surface area (Å²) >= 11 is 0. The first-order chi connectivity index (χ1) is 11.8. The third-order valence-corrected chi connectivity index (χ3v) is 4.08. The van der Waals surface area contributed by atoms with Crippen LogP contribution in [-0.4, -0.2) is 11.7 Å². The fraction of sp³-hybridized carbons (Fsp3) is 0.182. The van der Waals surface area contributed by atoms with Gasteiger partial charge in [0.25, 0.3) is 0 Å². The largest absolute Gasteiger partial charge is 0.508 e. The molecule has 1 aliphatic heterocycles. The van der Waals surface area contributed by atoms with Crippen LogP contribution < -0.4 is 4.74 Å². The van der Waals surface area contributed by atoms with Crippen molar-refractivity contribution in [3.63, 3.8) is 0 Å². The molecule has 0 radical (unpaired) electrons. The summed E-state index contributed by atoms with van der Waals surface area (Å²) in [5.74, 6) is 1.34. The summed E-state index contributed by atoms with van der Waals surface area (Å²) in [6.07, 6.45) is 2.68. The average Bonchev–Trinajstić information content (AvgIpc) is 3.10. The van der Waals surface area contributed by atoms with E-state index >= 15 is 0 Å². The molecule has 1 aliphatic rings. The topological polar surface area (TPSA) is 29.5 Å². The molecule has 0 amide bonds. The third-order valence-electron chi connectivity index (χ3n) is 4.08. The van der Waals surface area contributed by atoms with Crippen LogP contribution in [-0.2, 0) is 19.3 Å². The lowest BCUT2D eigenvalue weighted by Gasteiger charge is -2.07. The van der Waals surface area contributed by atoms with Crippen molar-refractivity contribution in [1.82, 2.24) is 0 Å². The fourth-order valence-corrected chi connectivity index (χ4v) is 2.76. The Labute approximate surface area is 143 Å². The molecule has 0 spiro atoms. The Morgan fingerprint density at radius 3 is 2.08 bits per heavy atom. The number of ether oxygens (including phenoxy) is 1. The molecule has 1 heterocycles. The summed E-state index contributed by atoms with van der Waals surface area (Å²) in [6.45, 7) is 0.733. The first-order valence-corrected chi connectivity index (χ1v) is 8.34. The number of fused-ring (bicyclic) bond motifs is 1. The maximum Gasteiger partial charge on any atom is 0.123 e. The van der Waals surface area contributed by atoms with Gasteiger partial charge in [0.2, 0.25) is 0 Å². The second kappa shape index (κ2) is 8.21. The van der Waals surface area contributed by atoms with Gasteiger partial charge in [-0.25, -0.2) is 0 Å². The summed E-state index contributed by atoms with van der Waals surface area (Å²) < 4.78 is 5.54. The Balaban J connectivity index is 0.000000238. The van der Waals surface area contributed by atoms with Gasteiger partial charge in [0, 0.05) is 12.0 Å². The average molecular weight is 318 g/mol. The Morgan fingerprint density at radius 1 is 0.792 bits per heavy atom. The van der Waals surface area contributed by atoms with Gasteiger partial charge >= 0.3 is 0 Å². The van der Waals surface area contributed by atoms with Crippen LogP contribution >= 0.6 is 0 Å². The molecule has 1 N–H and O–H groups in total. The summed E-state index contributed by atoms with van der Waals surface area (Å²) in [7, 11) is 0. The molecule has 0 unspecified atom stereocenters. The van der Waals surface area contributed by atoms with E-state index in [0.717, 1.165) is 42.7 Å². The van der Waals surface area contributed by atoms with Gasteiger partial charge in [0.1, 0.15) is 11.5 Å². The van der Waals surface area contributed by atoms with Crippen LogP contribution in [0.25, 0.3) is 0 Å². The standard InChI is InChI=1S/C16H16O2.C6H6/c17-15-10-14-8-9-18-16(14)11-13(15)7-6-12-4-2-1-3-5-12;1-2-4-6-5-3-1/h1-5,10-11,17H,6-9H2;1-6H. The van der Waals surface area contributed by atoms with Crippen molar-refractivity contribution in [2.24, 2.45) is 0 Å². The van der Waals surface area contributed by atoms with E-state index in [2.05, 4.69) is 12.1 Å². The molecule has 0 atom stereocenters. The first kappa shape index (κ1) is 16.1. The van der Waals surface area contributed by atoms with E-state index in [-0.39, 0.29) is 0 Å². The summed E-state index contributed by atoms with van der Waals surface area (Å²) in [6, 6.07) is 26.2. The van der Waals surface area contributed by atoms with E-state index in [4.69, 9.17) is 4.74 Å². The quantitative estimate of drug-likeness (QED) is 0.752. The molecule has 0 saturated heterocycles. The summed E-state index contributed by atoms with van der Waals surface area (Å²) in [4.78, 5) is 0. The Hall–Kier alpha value is -2.74. The number of hydrogen-bond donors (Lipinski definition) is 1. The molecular formula is C22H22O2. The molecule has 0 bridgehead atoms. The van der Waals surface area contributed by atoms with Gasteiger partial charge in [-0.1, -0.05) is 66.7 Å². The number of benzene rings is 3. The molecule has 3 aromatic carbocycles. The van der Waals surface area contributed by atoms with Crippen molar-refractivity contribution in [2.75, 3.05) is 6.61 Å². The predicted molar refractivity (Wildman–Crippen MR) is 97.6 cm³/mol. The monoisotopic (exact) mass is 318 g/mol. The lowest BCUT2D eigenvalue weighted by molar-refractivity contribution is 0.356. The van der Waals surface area contributed by atoms with E-state index in [1.807, 2.05) is 66.7 Å². The van der Waals surface area contributed by atoms with Crippen LogP contribution in [0.1, 0.15) is 16.7 Å². The van der Waals surface area contributed by atoms with E-state index in [1.165, 1.54) is 5.56 Å².